The van der Waals surface area contributed by atoms with Gasteiger partial charge in [-0.2, -0.15) is 0 Å². The fourth-order valence-corrected chi connectivity index (χ4v) is 1.97. The van der Waals surface area contributed by atoms with E-state index >= 15 is 0 Å². The van der Waals surface area contributed by atoms with Gasteiger partial charge in [0.1, 0.15) is 5.82 Å². The van der Waals surface area contributed by atoms with Crippen molar-refractivity contribution in [2.45, 2.75) is 27.3 Å². The highest BCUT2D eigenvalue weighted by molar-refractivity contribution is 5.86. The number of aryl methyl sites for hydroxylation is 3. The molecule has 0 amide bonds. The fraction of sp³-hybridized carbons (Fsp3) is 0.333. The van der Waals surface area contributed by atoms with Gasteiger partial charge in [0.15, 0.2) is 0 Å². The van der Waals surface area contributed by atoms with Crippen LogP contribution in [-0.4, -0.2) is 4.57 Å². The molecule has 2 aromatic rings. The molecule has 0 bridgehead atoms. The number of aromatic nitrogens is 1. The van der Waals surface area contributed by atoms with E-state index in [1.165, 1.54) is 0 Å². The van der Waals surface area contributed by atoms with Gasteiger partial charge >= 0.3 is 0 Å². The molecule has 2 rings (SSSR count). The largest absolute Gasteiger partial charge is 0.348 e. The summed E-state index contributed by atoms with van der Waals surface area (Å²) in [7, 11) is 0. The van der Waals surface area contributed by atoms with Crippen LogP contribution in [0.15, 0.2) is 18.3 Å². The summed E-state index contributed by atoms with van der Waals surface area (Å²) < 4.78 is 15.6. The molecule has 0 saturated carbocycles. The van der Waals surface area contributed by atoms with E-state index < -0.39 is 0 Å². The Morgan fingerprint density at radius 2 is 2.07 bits per heavy atom. The van der Waals surface area contributed by atoms with Gasteiger partial charge in [-0.15, -0.1) is 0 Å². The van der Waals surface area contributed by atoms with Crippen molar-refractivity contribution in [1.82, 2.24) is 4.57 Å². The summed E-state index contributed by atoms with van der Waals surface area (Å²) in [6.45, 7) is 6.81. The Hall–Kier alpha value is -1.31. The molecule has 0 unspecified atom stereocenters. The molecule has 0 aliphatic rings. The first kappa shape index (κ1) is 9.25. The van der Waals surface area contributed by atoms with Gasteiger partial charge in [-0.05, 0) is 44.0 Å². The molecule has 14 heavy (non-hydrogen) atoms. The van der Waals surface area contributed by atoms with Crippen molar-refractivity contribution in [3.8, 4) is 0 Å². The number of fused-ring (bicyclic) bond motifs is 1. The summed E-state index contributed by atoms with van der Waals surface area (Å²) >= 11 is 0. The fourth-order valence-electron chi connectivity index (χ4n) is 1.97. The minimum Gasteiger partial charge on any atom is -0.348 e. The zero-order chi connectivity index (χ0) is 10.3. The van der Waals surface area contributed by atoms with Crippen molar-refractivity contribution in [2.24, 2.45) is 0 Å². The van der Waals surface area contributed by atoms with E-state index in [0.29, 0.717) is 0 Å². The van der Waals surface area contributed by atoms with Gasteiger partial charge in [0, 0.05) is 18.1 Å². The summed E-state index contributed by atoms with van der Waals surface area (Å²) in [4.78, 5) is 0. The average molecular weight is 191 g/mol. The van der Waals surface area contributed by atoms with Gasteiger partial charge in [0.2, 0.25) is 0 Å². The van der Waals surface area contributed by atoms with Crippen molar-refractivity contribution in [3.05, 3.63) is 35.3 Å². The van der Waals surface area contributed by atoms with Gasteiger partial charge in [0.25, 0.3) is 0 Å². The second kappa shape index (κ2) is 3.12. The topological polar surface area (TPSA) is 4.93 Å². The highest BCUT2D eigenvalue weighted by Crippen LogP contribution is 2.25. The number of benzene rings is 1. The number of hydrogen-bond donors (Lipinski definition) is 0. The van der Waals surface area contributed by atoms with E-state index in [4.69, 9.17) is 0 Å². The minimum atomic E-state index is -0.108. The number of rotatable bonds is 1. The smallest absolute Gasteiger partial charge is 0.127 e. The van der Waals surface area contributed by atoms with Crippen molar-refractivity contribution in [1.29, 1.82) is 0 Å². The SMILES string of the molecule is CCn1ccc2c(C)c(F)cc(C)c21. The molecule has 0 fully saturated rings. The molecule has 1 aromatic carbocycles. The molecule has 0 saturated heterocycles. The molecule has 74 valence electrons. The van der Waals surface area contributed by atoms with Crippen LogP contribution in [0.4, 0.5) is 4.39 Å². The molecule has 1 nitrogen and oxygen atoms in total. The quantitative estimate of drug-likeness (QED) is 0.651. The molecule has 0 aliphatic carbocycles. The third-order valence-electron chi connectivity index (χ3n) is 2.78. The van der Waals surface area contributed by atoms with Crippen molar-refractivity contribution in [3.63, 3.8) is 0 Å². The Morgan fingerprint density at radius 3 is 2.71 bits per heavy atom. The Kier molecular flexibility index (Phi) is 2.06. The summed E-state index contributed by atoms with van der Waals surface area (Å²) in [6, 6.07) is 3.61. The van der Waals surface area contributed by atoms with E-state index in [9.17, 15) is 4.39 Å². The first-order chi connectivity index (χ1) is 6.65. The van der Waals surface area contributed by atoms with Gasteiger partial charge < -0.3 is 4.57 Å². The van der Waals surface area contributed by atoms with Crippen LogP contribution in [0.25, 0.3) is 10.9 Å². The van der Waals surface area contributed by atoms with Crippen LogP contribution in [0, 0.1) is 19.7 Å². The van der Waals surface area contributed by atoms with E-state index in [1.54, 1.807) is 6.07 Å². The van der Waals surface area contributed by atoms with Gasteiger partial charge in [-0.1, -0.05) is 0 Å². The Balaban J connectivity index is 2.90. The van der Waals surface area contributed by atoms with Crippen LogP contribution in [0.2, 0.25) is 0 Å². The maximum Gasteiger partial charge on any atom is 0.127 e. The number of nitrogens with zero attached hydrogens (tertiary/aromatic N) is 1. The lowest BCUT2D eigenvalue weighted by molar-refractivity contribution is 0.619. The Morgan fingerprint density at radius 1 is 1.36 bits per heavy atom. The van der Waals surface area contributed by atoms with Crippen LogP contribution < -0.4 is 0 Å². The van der Waals surface area contributed by atoms with Crippen molar-refractivity contribution < 1.29 is 4.39 Å². The normalized spacial score (nSPS) is 11.1. The van der Waals surface area contributed by atoms with Crippen LogP contribution >= 0.6 is 0 Å². The van der Waals surface area contributed by atoms with Crippen LogP contribution in [0.1, 0.15) is 18.1 Å². The molecule has 2 heteroatoms. The molecule has 0 aliphatic heterocycles. The standard InChI is InChI=1S/C12H14FN/c1-4-14-6-5-10-9(3)11(13)7-8(2)12(10)14/h5-7H,4H2,1-3H3. The predicted octanol–water partition coefficient (Wildman–Crippen LogP) is 3.42. The molecule has 0 radical (unpaired) electrons. The maximum absolute atomic E-state index is 13.4. The summed E-state index contributed by atoms with van der Waals surface area (Å²) in [5, 5.41) is 1.03. The second-order valence-electron chi connectivity index (χ2n) is 3.66. The van der Waals surface area contributed by atoms with E-state index in [0.717, 1.165) is 28.6 Å². The highest BCUT2D eigenvalue weighted by Gasteiger charge is 2.09. The lowest BCUT2D eigenvalue weighted by Crippen LogP contribution is -1.95. The summed E-state index contributed by atoms with van der Waals surface area (Å²) in [6.07, 6.45) is 2.02. The monoisotopic (exact) mass is 191 g/mol. The van der Waals surface area contributed by atoms with Gasteiger partial charge in [-0.25, -0.2) is 4.39 Å². The van der Waals surface area contributed by atoms with Gasteiger partial charge in [-0.3, -0.25) is 0 Å². The zero-order valence-corrected chi connectivity index (χ0v) is 8.76. The molecular formula is C12H14FN. The molecular weight excluding hydrogens is 177 g/mol. The summed E-state index contributed by atoms with van der Waals surface area (Å²) in [5.74, 6) is -0.108. The zero-order valence-electron chi connectivity index (χ0n) is 8.76. The third-order valence-corrected chi connectivity index (χ3v) is 2.78. The predicted molar refractivity (Wildman–Crippen MR) is 57.0 cm³/mol. The molecule has 1 heterocycles. The first-order valence-corrected chi connectivity index (χ1v) is 4.89. The lowest BCUT2D eigenvalue weighted by Gasteiger charge is -2.06. The highest BCUT2D eigenvalue weighted by atomic mass is 19.1. The number of halogens is 1. The maximum atomic E-state index is 13.4. The van der Waals surface area contributed by atoms with Crippen LogP contribution in [0.5, 0.6) is 0 Å². The number of hydrogen-bond acceptors (Lipinski definition) is 0. The summed E-state index contributed by atoms with van der Waals surface area (Å²) in [5.41, 5.74) is 2.92. The second-order valence-corrected chi connectivity index (χ2v) is 3.66. The third kappa shape index (κ3) is 1.14. The van der Waals surface area contributed by atoms with Gasteiger partial charge in [0.05, 0.1) is 5.52 Å². The van der Waals surface area contributed by atoms with Crippen LogP contribution in [0.3, 0.4) is 0 Å². The molecule has 0 atom stereocenters. The molecule has 0 spiro atoms. The van der Waals surface area contributed by atoms with E-state index in [1.807, 2.05) is 26.1 Å². The first-order valence-electron chi connectivity index (χ1n) is 4.89. The Labute approximate surface area is 83.2 Å². The minimum absolute atomic E-state index is 0.108. The lowest BCUT2D eigenvalue weighted by atomic mass is 10.1. The average Bonchev–Trinajstić information content (AvgIpc) is 2.58. The molecule has 0 N–H and O–H groups in total. The van der Waals surface area contributed by atoms with Crippen LogP contribution in [-0.2, 0) is 6.54 Å². The van der Waals surface area contributed by atoms with E-state index in [2.05, 4.69) is 11.5 Å². The van der Waals surface area contributed by atoms with E-state index in [-0.39, 0.29) is 5.82 Å². The Bertz CT molecular complexity index is 483. The van der Waals surface area contributed by atoms with Crippen molar-refractivity contribution >= 4 is 10.9 Å². The van der Waals surface area contributed by atoms with Crippen molar-refractivity contribution in [2.75, 3.05) is 0 Å². The molecule has 1 aromatic heterocycles.